The van der Waals surface area contributed by atoms with E-state index in [9.17, 15) is 14.0 Å². The van der Waals surface area contributed by atoms with Crippen molar-refractivity contribution in [2.45, 2.75) is 19.4 Å². The highest BCUT2D eigenvalue weighted by molar-refractivity contribution is 5.91. The molecule has 0 N–H and O–H groups in total. The zero-order chi connectivity index (χ0) is 26.1. The van der Waals surface area contributed by atoms with Gasteiger partial charge in [-0.2, -0.15) is 0 Å². The lowest BCUT2D eigenvalue weighted by atomic mass is 9.95. The Bertz CT molecular complexity index is 1420. The van der Waals surface area contributed by atoms with Crippen molar-refractivity contribution >= 4 is 28.8 Å². The third-order valence-corrected chi connectivity index (χ3v) is 7.63. The molecule has 0 atom stereocenters. The quantitative estimate of drug-likeness (QED) is 0.402. The van der Waals surface area contributed by atoms with E-state index in [4.69, 9.17) is 9.40 Å². The fraction of sp³-hybridized carbons (Fsp3) is 0.345. The number of furan rings is 1. The number of carbonyl (C=O) groups excluding carboxylic acids is 2. The summed E-state index contributed by atoms with van der Waals surface area (Å²) in [5, 5.41) is 0. The molecule has 0 radical (unpaired) electrons. The van der Waals surface area contributed by atoms with Crippen molar-refractivity contribution in [1.29, 1.82) is 0 Å². The van der Waals surface area contributed by atoms with Gasteiger partial charge in [0.15, 0.2) is 5.76 Å². The molecule has 4 heterocycles. The van der Waals surface area contributed by atoms with Gasteiger partial charge in [-0.3, -0.25) is 9.59 Å². The number of aromatic nitrogens is 2. The summed E-state index contributed by atoms with van der Waals surface area (Å²) < 4.78 is 20.9. The van der Waals surface area contributed by atoms with Crippen molar-refractivity contribution in [3.8, 4) is 0 Å². The van der Waals surface area contributed by atoms with Gasteiger partial charge in [0.2, 0.25) is 11.9 Å². The first kappa shape index (κ1) is 24.2. The minimum Gasteiger partial charge on any atom is -0.459 e. The van der Waals surface area contributed by atoms with Crippen LogP contribution in [0.5, 0.6) is 0 Å². The van der Waals surface area contributed by atoms with Crippen molar-refractivity contribution in [1.82, 2.24) is 19.4 Å². The fourth-order valence-corrected chi connectivity index (χ4v) is 5.50. The average Bonchev–Trinajstić information content (AvgIpc) is 3.63. The van der Waals surface area contributed by atoms with Crippen molar-refractivity contribution < 1.29 is 18.4 Å². The minimum atomic E-state index is -0.248. The number of amides is 2. The molecule has 0 spiro atoms. The molecule has 2 aromatic heterocycles. The van der Waals surface area contributed by atoms with Gasteiger partial charge < -0.3 is 23.7 Å². The van der Waals surface area contributed by atoms with Crippen LogP contribution in [0.4, 0.5) is 10.3 Å². The number of piperidine rings is 1. The average molecular weight is 516 g/mol. The molecule has 2 fully saturated rings. The molecule has 2 saturated heterocycles. The van der Waals surface area contributed by atoms with Gasteiger partial charge in [0.25, 0.3) is 5.91 Å². The molecule has 2 aromatic carbocycles. The molecule has 0 unspecified atom stereocenters. The summed E-state index contributed by atoms with van der Waals surface area (Å²) in [7, 11) is 0. The Kier molecular flexibility index (Phi) is 6.57. The number of rotatable bonds is 5. The first-order valence-corrected chi connectivity index (χ1v) is 13.1. The maximum Gasteiger partial charge on any atom is 0.289 e. The van der Waals surface area contributed by atoms with Crippen molar-refractivity contribution in [2.24, 2.45) is 5.92 Å². The lowest BCUT2D eigenvalue weighted by Crippen LogP contribution is -2.53. The Labute approximate surface area is 220 Å². The van der Waals surface area contributed by atoms with E-state index in [1.54, 1.807) is 29.2 Å². The van der Waals surface area contributed by atoms with Crippen LogP contribution in [-0.2, 0) is 11.3 Å². The summed E-state index contributed by atoms with van der Waals surface area (Å²) in [5.41, 5.74) is 2.96. The van der Waals surface area contributed by atoms with Gasteiger partial charge in [0, 0.05) is 45.2 Å². The number of benzene rings is 2. The van der Waals surface area contributed by atoms with E-state index in [1.165, 1.54) is 18.4 Å². The number of hydrogen-bond acceptors (Lipinski definition) is 5. The Morgan fingerprint density at radius 1 is 0.868 bits per heavy atom. The normalized spacial score (nSPS) is 16.8. The Balaban J connectivity index is 1.10. The van der Waals surface area contributed by atoms with Crippen LogP contribution in [0.25, 0.3) is 11.0 Å². The Hall–Kier alpha value is -4.14. The summed E-state index contributed by atoms with van der Waals surface area (Å²) in [5.74, 6) is 0.984. The van der Waals surface area contributed by atoms with Gasteiger partial charge in [-0.05, 0) is 54.8 Å². The van der Waals surface area contributed by atoms with Crippen LogP contribution < -0.4 is 4.90 Å². The van der Waals surface area contributed by atoms with Crippen LogP contribution in [0.3, 0.4) is 0 Å². The molecule has 9 heteroatoms. The summed E-state index contributed by atoms with van der Waals surface area (Å²) in [6, 6.07) is 18.0. The van der Waals surface area contributed by atoms with E-state index in [1.807, 2.05) is 23.1 Å². The zero-order valence-electron chi connectivity index (χ0n) is 21.1. The summed E-state index contributed by atoms with van der Waals surface area (Å²) in [6.07, 6.45) is 3.01. The molecule has 38 heavy (non-hydrogen) atoms. The number of anilines is 1. The van der Waals surface area contributed by atoms with Gasteiger partial charge in [-0.1, -0.05) is 24.3 Å². The van der Waals surface area contributed by atoms with Crippen LogP contribution in [0.15, 0.2) is 71.3 Å². The topological polar surface area (TPSA) is 74.8 Å². The largest absolute Gasteiger partial charge is 0.459 e. The highest BCUT2D eigenvalue weighted by atomic mass is 19.1. The molecule has 4 aromatic rings. The van der Waals surface area contributed by atoms with Gasteiger partial charge in [0.1, 0.15) is 5.82 Å². The van der Waals surface area contributed by atoms with Crippen LogP contribution in [0.1, 0.15) is 29.0 Å². The van der Waals surface area contributed by atoms with E-state index in [2.05, 4.69) is 15.5 Å². The summed E-state index contributed by atoms with van der Waals surface area (Å²) >= 11 is 0. The monoisotopic (exact) mass is 515 g/mol. The standard InChI is InChI=1S/C29H30FN5O3/c30-23-9-7-21(8-10-23)20-35-25-5-2-1-4-24(25)31-29(35)34-13-11-22(12-14-34)27(36)32-15-17-33(18-16-32)28(37)26-6-3-19-38-26/h1-10,19,22H,11-18,20H2. The molecule has 2 aliphatic rings. The number of halogens is 1. The third-order valence-electron chi connectivity index (χ3n) is 7.63. The maximum atomic E-state index is 13.5. The number of carbonyl (C=O) groups is 2. The molecular formula is C29H30FN5O3. The van der Waals surface area contributed by atoms with Crippen LogP contribution in [0, 0.1) is 11.7 Å². The predicted molar refractivity (Wildman–Crippen MR) is 141 cm³/mol. The molecule has 196 valence electrons. The Morgan fingerprint density at radius 3 is 2.29 bits per heavy atom. The number of piperazine rings is 1. The molecule has 2 aliphatic heterocycles. The summed E-state index contributed by atoms with van der Waals surface area (Å²) in [6.45, 7) is 4.17. The molecular weight excluding hydrogens is 485 g/mol. The zero-order valence-corrected chi connectivity index (χ0v) is 21.1. The van der Waals surface area contributed by atoms with Crippen molar-refractivity contribution in [3.05, 3.63) is 84.1 Å². The maximum absolute atomic E-state index is 13.5. The van der Waals surface area contributed by atoms with Gasteiger partial charge in [0.05, 0.1) is 23.8 Å². The van der Waals surface area contributed by atoms with Crippen LogP contribution >= 0.6 is 0 Å². The number of imidazole rings is 1. The minimum absolute atomic E-state index is 0.0338. The van der Waals surface area contributed by atoms with Crippen molar-refractivity contribution in [3.63, 3.8) is 0 Å². The van der Waals surface area contributed by atoms with E-state index >= 15 is 0 Å². The second-order valence-electron chi connectivity index (χ2n) is 9.97. The molecule has 0 bridgehead atoms. The van der Waals surface area contributed by atoms with Gasteiger partial charge >= 0.3 is 0 Å². The highest BCUT2D eigenvalue weighted by Crippen LogP contribution is 2.29. The molecule has 8 nitrogen and oxygen atoms in total. The highest BCUT2D eigenvalue weighted by Gasteiger charge is 2.33. The second kappa shape index (κ2) is 10.3. The first-order chi connectivity index (χ1) is 18.6. The first-order valence-electron chi connectivity index (χ1n) is 13.1. The molecule has 0 aliphatic carbocycles. The van der Waals surface area contributed by atoms with E-state index in [-0.39, 0.29) is 23.5 Å². The Morgan fingerprint density at radius 2 is 1.58 bits per heavy atom. The third kappa shape index (κ3) is 4.76. The van der Waals surface area contributed by atoms with Crippen molar-refractivity contribution in [2.75, 3.05) is 44.2 Å². The molecule has 6 rings (SSSR count). The van der Waals surface area contributed by atoms with Crippen LogP contribution in [0.2, 0.25) is 0 Å². The number of para-hydroxylation sites is 2. The smallest absolute Gasteiger partial charge is 0.289 e. The number of nitrogens with zero attached hydrogens (tertiary/aromatic N) is 5. The van der Waals surface area contributed by atoms with Crippen LogP contribution in [-0.4, -0.2) is 70.4 Å². The molecule has 0 saturated carbocycles. The lowest BCUT2D eigenvalue weighted by Gasteiger charge is -2.38. The predicted octanol–water partition coefficient (Wildman–Crippen LogP) is 4.02. The molecule has 2 amide bonds. The van der Waals surface area contributed by atoms with Gasteiger partial charge in [-0.25, -0.2) is 9.37 Å². The fourth-order valence-electron chi connectivity index (χ4n) is 5.50. The second-order valence-corrected chi connectivity index (χ2v) is 9.97. The number of hydrogen-bond donors (Lipinski definition) is 0. The number of fused-ring (bicyclic) bond motifs is 1. The van der Waals surface area contributed by atoms with Gasteiger partial charge in [-0.15, -0.1) is 0 Å². The van der Waals surface area contributed by atoms with E-state index < -0.39 is 0 Å². The summed E-state index contributed by atoms with van der Waals surface area (Å²) in [4.78, 5) is 36.7. The lowest BCUT2D eigenvalue weighted by molar-refractivity contribution is -0.137. The van der Waals surface area contributed by atoms with E-state index in [0.717, 1.165) is 48.5 Å². The SMILES string of the molecule is O=C(c1ccco1)N1CCN(C(=O)C2CCN(c3nc4ccccc4n3Cc3ccc(F)cc3)CC2)CC1. The van der Waals surface area contributed by atoms with E-state index in [0.29, 0.717) is 38.5 Å².